The molecule has 0 saturated heterocycles. The zero-order valence-corrected chi connectivity index (χ0v) is 18.0. The van der Waals surface area contributed by atoms with Crippen LogP contribution in [-0.2, 0) is 12.8 Å². The highest BCUT2D eigenvalue weighted by Gasteiger charge is 2.25. The van der Waals surface area contributed by atoms with Crippen LogP contribution in [0, 0.1) is 5.82 Å². The molecule has 9 heteroatoms. The molecule has 0 spiro atoms. The lowest BCUT2D eigenvalue weighted by molar-refractivity contribution is 0.192. The van der Waals surface area contributed by atoms with E-state index >= 15 is 0 Å². The van der Waals surface area contributed by atoms with Crippen LogP contribution in [0.1, 0.15) is 36.4 Å². The third-order valence-corrected chi connectivity index (χ3v) is 6.22. The Morgan fingerprint density at radius 2 is 2.12 bits per heavy atom. The van der Waals surface area contributed by atoms with Crippen molar-refractivity contribution in [3.8, 4) is 11.4 Å². The summed E-state index contributed by atoms with van der Waals surface area (Å²) >= 11 is 0. The maximum absolute atomic E-state index is 13.8. The van der Waals surface area contributed by atoms with Crippen LogP contribution in [0.2, 0.25) is 0 Å². The SMILES string of the molecule is C[C@H](O)c1cnc2c(N[C@H]3CCc4[nH]c5ccccc5c4C3)nc(-c3cncc(F)c3)nn12. The van der Waals surface area contributed by atoms with E-state index in [1.165, 1.54) is 28.9 Å². The molecule has 1 aliphatic rings. The largest absolute Gasteiger partial charge is 0.387 e. The lowest BCUT2D eigenvalue weighted by atomic mass is 9.91. The Bertz CT molecular complexity index is 1490. The first-order valence-electron chi connectivity index (χ1n) is 11.0. The number of imidazole rings is 1. The number of rotatable bonds is 4. The number of H-pyrrole nitrogens is 1. The Labute approximate surface area is 188 Å². The highest BCUT2D eigenvalue weighted by atomic mass is 19.1. The zero-order valence-electron chi connectivity index (χ0n) is 18.0. The van der Waals surface area contributed by atoms with Gasteiger partial charge in [-0.2, -0.15) is 0 Å². The van der Waals surface area contributed by atoms with Gasteiger partial charge in [-0.15, -0.1) is 5.10 Å². The number of aromatic amines is 1. The van der Waals surface area contributed by atoms with Crippen molar-refractivity contribution in [2.24, 2.45) is 0 Å². The number of halogens is 1. The lowest BCUT2D eigenvalue weighted by Gasteiger charge is -2.24. The van der Waals surface area contributed by atoms with Gasteiger partial charge in [0.05, 0.1) is 24.2 Å². The molecule has 2 atom stereocenters. The summed E-state index contributed by atoms with van der Waals surface area (Å²) in [5.41, 5.74) is 5.26. The average molecular weight is 443 g/mol. The third kappa shape index (κ3) is 3.41. The molecule has 8 nitrogen and oxygen atoms in total. The number of hydrogen-bond acceptors (Lipinski definition) is 6. The minimum absolute atomic E-state index is 0.139. The van der Waals surface area contributed by atoms with Gasteiger partial charge in [0.25, 0.3) is 0 Å². The number of nitrogens with zero attached hydrogens (tertiary/aromatic N) is 5. The fourth-order valence-corrected chi connectivity index (χ4v) is 4.62. The van der Waals surface area contributed by atoms with E-state index in [1.54, 1.807) is 17.6 Å². The average Bonchev–Trinajstić information content (AvgIpc) is 3.41. The normalized spacial score (nSPS) is 16.8. The summed E-state index contributed by atoms with van der Waals surface area (Å²) in [6.45, 7) is 1.65. The number of aryl methyl sites for hydroxylation is 1. The van der Waals surface area contributed by atoms with Gasteiger partial charge >= 0.3 is 0 Å². The van der Waals surface area contributed by atoms with E-state index in [2.05, 4.69) is 48.6 Å². The monoisotopic (exact) mass is 443 g/mol. The van der Waals surface area contributed by atoms with Gasteiger partial charge < -0.3 is 15.4 Å². The van der Waals surface area contributed by atoms with Crippen molar-refractivity contribution in [2.45, 2.75) is 38.3 Å². The molecule has 33 heavy (non-hydrogen) atoms. The van der Waals surface area contributed by atoms with Crippen molar-refractivity contribution in [1.29, 1.82) is 0 Å². The summed E-state index contributed by atoms with van der Waals surface area (Å²) in [6, 6.07) is 9.83. The molecule has 1 aliphatic carbocycles. The van der Waals surface area contributed by atoms with Gasteiger partial charge in [-0.3, -0.25) is 4.98 Å². The van der Waals surface area contributed by atoms with Gasteiger partial charge in [0.1, 0.15) is 5.82 Å². The third-order valence-electron chi connectivity index (χ3n) is 6.22. The molecule has 0 radical (unpaired) electrons. The number of anilines is 1. The van der Waals surface area contributed by atoms with Crippen LogP contribution >= 0.6 is 0 Å². The predicted molar refractivity (Wildman–Crippen MR) is 122 cm³/mol. The van der Waals surface area contributed by atoms with Crippen molar-refractivity contribution in [3.05, 3.63) is 71.7 Å². The number of nitrogens with one attached hydrogen (secondary N) is 2. The maximum Gasteiger partial charge on any atom is 0.197 e. The van der Waals surface area contributed by atoms with Gasteiger partial charge in [0.2, 0.25) is 0 Å². The number of pyridine rings is 1. The quantitative estimate of drug-likeness (QED) is 0.390. The van der Waals surface area contributed by atoms with Crippen molar-refractivity contribution < 1.29 is 9.50 Å². The summed E-state index contributed by atoms with van der Waals surface area (Å²) in [4.78, 5) is 16.6. The Hall–Kier alpha value is -3.85. The Morgan fingerprint density at radius 3 is 2.97 bits per heavy atom. The number of aromatic nitrogens is 6. The Kier molecular flexibility index (Phi) is 4.58. The standard InChI is InChI=1S/C24H22FN7O/c1-13(33)21-12-27-24-23(30-22(31-32(21)24)14-8-15(25)11-26-10-14)28-16-6-7-20-18(9-16)17-4-2-3-5-19(17)29-20/h2-5,8,10-13,16,29,33H,6-7,9H2,1H3,(H,28,30,31)/t13-,16-/m0/s1. The fourth-order valence-electron chi connectivity index (χ4n) is 4.62. The van der Waals surface area contributed by atoms with Crippen molar-refractivity contribution in [1.82, 2.24) is 29.5 Å². The number of para-hydroxylation sites is 1. The second-order valence-corrected chi connectivity index (χ2v) is 8.48. The molecule has 1 aromatic carbocycles. The van der Waals surface area contributed by atoms with Crippen LogP contribution < -0.4 is 5.32 Å². The molecule has 0 fully saturated rings. The first-order chi connectivity index (χ1) is 16.1. The molecule has 0 aliphatic heterocycles. The summed E-state index contributed by atoms with van der Waals surface area (Å²) in [5.74, 6) is 0.385. The van der Waals surface area contributed by atoms with Crippen molar-refractivity contribution in [3.63, 3.8) is 0 Å². The number of hydrogen-bond donors (Lipinski definition) is 3. The van der Waals surface area contributed by atoms with Gasteiger partial charge in [0, 0.05) is 34.4 Å². The van der Waals surface area contributed by atoms with Crippen LogP contribution in [0.15, 0.2) is 48.9 Å². The zero-order chi connectivity index (χ0) is 22.5. The predicted octanol–water partition coefficient (Wildman–Crippen LogP) is 3.83. The van der Waals surface area contributed by atoms with Crippen LogP contribution in [0.25, 0.3) is 27.9 Å². The Morgan fingerprint density at radius 1 is 1.24 bits per heavy atom. The van der Waals surface area contributed by atoms with E-state index < -0.39 is 11.9 Å². The van der Waals surface area contributed by atoms with E-state index in [0.717, 1.165) is 31.0 Å². The maximum atomic E-state index is 13.8. The molecule has 3 N–H and O–H groups in total. The highest BCUT2D eigenvalue weighted by molar-refractivity contribution is 5.85. The van der Waals surface area contributed by atoms with Gasteiger partial charge in [-0.25, -0.2) is 18.9 Å². The lowest BCUT2D eigenvalue weighted by Crippen LogP contribution is -2.28. The van der Waals surface area contributed by atoms with Crippen molar-refractivity contribution in [2.75, 3.05) is 5.32 Å². The van der Waals surface area contributed by atoms with Crippen LogP contribution in [0.5, 0.6) is 0 Å². The second kappa shape index (κ2) is 7.63. The molecule has 4 aromatic heterocycles. The molecule has 0 unspecified atom stereocenters. The molecule has 0 amide bonds. The topological polar surface area (TPSA) is 104 Å². The first-order valence-corrected chi connectivity index (χ1v) is 11.0. The summed E-state index contributed by atoms with van der Waals surface area (Å²) in [5, 5.41) is 19.5. The van der Waals surface area contributed by atoms with E-state index in [-0.39, 0.29) is 6.04 Å². The second-order valence-electron chi connectivity index (χ2n) is 8.48. The summed E-state index contributed by atoms with van der Waals surface area (Å²) in [7, 11) is 0. The fraction of sp³-hybridized carbons (Fsp3) is 0.250. The van der Waals surface area contributed by atoms with Gasteiger partial charge in [-0.1, -0.05) is 18.2 Å². The molecule has 6 rings (SSSR count). The van der Waals surface area contributed by atoms with E-state index in [0.29, 0.717) is 28.5 Å². The molecule has 0 saturated carbocycles. The van der Waals surface area contributed by atoms with E-state index in [1.807, 2.05) is 6.07 Å². The molecule has 166 valence electrons. The number of aliphatic hydroxyl groups excluding tert-OH is 1. The first kappa shape index (κ1) is 19.8. The van der Waals surface area contributed by atoms with Gasteiger partial charge in [0.15, 0.2) is 17.3 Å². The highest BCUT2D eigenvalue weighted by Crippen LogP contribution is 2.31. The van der Waals surface area contributed by atoms with E-state index in [4.69, 9.17) is 0 Å². The van der Waals surface area contributed by atoms with Crippen molar-refractivity contribution >= 4 is 22.4 Å². The Balaban J connectivity index is 1.41. The summed E-state index contributed by atoms with van der Waals surface area (Å²) in [6.07, 6.45) is 6.17. The van der Waals surface area contributed by atoms with Crippen LogP contribution in [0.4, 0.5) is 10.2 Å². The molecular formula is C24H22FN7O. The molecule has 5 aromatic rings. The minimum atomic E-state index is -0.773. The molecule has 4 heterocycles. The van der Waals surface area contributed by atoms with Crippen LogP contribution in [0.3, 0.4) is 0 Å². The smallest absolute Gasteiger partial charge is 0.197 e. The number of fused-ring (bicyclic) bond motifs is 4. The molecule has 0 bridgehead atoms. The van der Waals surface area contributed by atoms with Crippen LogP contribution in [-0.4, -0.2) is 40.7 Å². The van der Waals surface area contributed by atoms with Gasteiger partial charge in [-0.05, 0) is 43.9 Å². The number of benzene rings is 1. The molecular weight excluding hydrogens is 421 g/mol. The van der Waals surface area contributed by atoms with E-state index in [9.17, 15) is 9.50 Å². The summed E-state index contributed by atoms with van der Waals surface area (Å²) < 4.78 is 15.4. The minimum Gasteiger partial charge on any atom is -0.387 e. The number of aliphatic hydroxyl groups is 1.